The predicted octanol–water partition coefficient (Wildman–Crippen LogP) is 3.48. The highest BCUT2D eigenvalue weighted by molar-refractivity contribution is 7.20. The molecule has 4 nitrogen and oxygen atoms in total. The zero-order chi connectivity index (χ0) is 16.5. The number of carbonyl (C=O) groups is 1. The molecule has 0 N–H and O–H groups in total. The van der Waals surface area contributed by atoms with Gasteiger partial charge in [-0.05, 0) is 30.4 Å². The Hall–Kier alpha value is -1.69. The number of fused-ring (bicyclic) bond motifs is 2. The van der Waals surface area contributed by atoms with Crippen LogP contribution in [0.15, 0.2) is 43.0 Å². The quantitative estimate of drug-likeness (QED) is 0.798. The van der Waals surface area contributed by atoms with E-state index in [-0.39, 0.29) is 24.2 Å². The Morgan fingerprint density at radius 2 is 2.29 bits per heavy atom. The monoisotopic (exact) mass is 343 g/mol. The summed E-state index contributed by atoms with van der Waals surface area (Å²) in [5, 5.41) is 1.13. The molecule has 1 aromatic carbocycles. The lowest BCUT2D eigenvalue weighted by atomic mass is 10.1. The van der Waals surface area contributed by atoms with Crippen molar-refractivity contribution in [2.45, 2.75) is 31.1 Å². The van der Waals surface area contributed by atoms with Crippen LogP contribution in [0.1, 0.15) is 22.5 Å². The number of morpholine rings is 1. The van der Waals surface area contributed by atoms with Gasteiger partial charge in [-0.1, -0.05) is 24.3 Å². The van der Waals surface area contributed by atoms with Crippen LogP contribution in [0, 0.1) is 0 Å². The fraction of sp³-hybridized carbons (Fsp3) is 0.421. The lowest BCUT2D eigenvalue weighted by Gasteiger charge is -2.38. The van der Waals surface area contributed by atoms with E-state index in [1.165, 1.54) is 0 Å². The average molecular weight is 343 g/mol. The van der Waals surface area contributed by atoms with E-state index in [9.17, 15) is 4.79 Å². The number of thiophene rings is 1. The first-order valence-electron chi connectivity index (χ1n) is 8.41. The first-order chi connectivity index (χ1) is 11.8. The maximum absolute atomic E-state index is 13.1. The van der Waals surface area contributed by atoms with Gasteiger partial charge in [-0.3, -0.25) is 4.79 Å². The predicted molar refractivity (Wildman–Crippen MR) is 95.6 cm³/mol. The van der Waals surface area contributed by atoms with Gasteiger partial charge in [-0.15, -0.1) is 17.9 Å². The van der Waals surface area contributed by atoms with Crippen molar-refractivity contribution in [2.75, 3.05) is 19.8 Å². The lowest BCUT2D eigenvalue weighted by molar-refractivity contribution is -0.100. The van der Waals surface area contributed by atoms with Crippen LogP contribution in [0.5, 0.6) is 0 Å². The molecular formula is C19H21NO3S. The van der Waals surface area contributed by atoms with E-state index in [4.69, 9.17) is 9.47 Å². The molecule has 2 aliphatic rings. The number of amides is 1. The summed E-state index contributed by atoms with van der Waals surface area (Å²) in [6, 6.07) is 10.3. The van der Waals surface area contributed by atoms with E-state index >= 15 is 0 Å². The second kappa shape index (κ2) is 6.67. The Kier molecular flexibility index (Phi) is 4.39. The van der Waals surface area contributed by atoms with Crippen molar-refractivity contribution < 1.29 is 14.3 Å². The van der Waals surface area contributed by atoms with Crippen LogP contribution in [0.2, 0.25) is 0 Å². The summed E-state index contributed by atoms with van der Waals surface area (Å²) >= 11 is 1.57. The standard InChI is InChI=1S/C19H21NO3S/c1-2-10-22-15-8-7-14-18(15)23-11-9-20(14)19(21)17-12-13-5-3-4-6-16(13)24-17/h2-6,12,14-15,18H,1,7-11H2/t14-,15-,18-/m1/s1. The minimum atomic E-state index is -0.0166. The molecule has 1 aliphatic carbocycles. The van der Waals surface area contributed by atoms with E-state index in [1.807, 2.05) is 23.1 Å². The van der Waals surface area contributed by atoms with Gasteiger partial charge in [0.25, 0.3) is 5.91 Å². The molecule has 4 rings (SSSR count). The number of hydrogen-bond acceptors (Lipinski definition) is 4. The van der Waals surface area contributed by atoms with Crippen molar-refractivity contribution in [1.82, 2.24) is 4.90 Å². The molecule has 1 aliphatic heterocycles. The molecule has 2 heterocycles. The molecule has 2 aromatic rings. The zero-order valence-electron chi connectivity index (χ0n) is 13.5. The van der Waals surface area contributed by atoms with Crippen molar-refractivity contribution in [3.8, 4) is 0 Å². The normalized spacial score (nSPS) is 26.5. The lowest BCUT2D eigenvalue weighted by Crippen LogP contribution is -2.53. The highest BCUT2D eigenvalue weighted by Crippen LogP contribution is 2.34. The Balaban J connectivity index is 1.54. The van der Waals surface area contributed by atoms with E-state index in [2.05, 4.69) is 18.7 Å². The zero-order valence-corrected chi connectivity index (χ0v) is 14.3. The van der Waals surface area contributed by atoms with Crippen LogP contribution >= 0.6 is 11.3 Å². The summed E-state index contributed by atoms with van der Waals surface area (Å²) in [4.78, 5) is 15.9. The topological polar surface area (TPSA) is 38.8 Å². The molecule has 1 aromatic heterocycles. The van der Waals surface area contributed by atoms with E-state index < -0.39 is 0 Å². The van der Waals surface area contributed by atoms with Crippen LogP contribution < -0.4 is 0 Å². The molecule has 2 fully saturated rings. The molecule has 126 valence electrons. The van der Waals surface area contributed by atoms with Crippen LogP contribution in [-0.2, 0) is 9.47 Å². The Morgan fingerprint density at radius 1 is 1.42 bits per heavy atom. The number of nitrogens with zero attached hydrogens (tertiary/aromatic N) is 1. The van der Waals surface area contributed by atoms with E-state index in [1.54, 1.807) is 17.4 Å². The second-order valence-corrected chi connectivity index (χ2v) is 7.37. The van der Waals surface area contributed by atoms with Crippen molar-refractivity contribution in [3.63, 3.8) is 0 Å². The maximum Gasteiger partial charge on any atom is 0.264 e. The third kappa shape index (κ3) is 2.77. The molecule has 3 atom stereocenters. The van der Waals surface area contributed by atoms with Gasteiger partial charge in [0.2, 0.25) is 0 Å². The summed E-state index contributed by atoms with van der Waals surface area (Å²) in [6.45, 7) is 5.46. The van der Waals surface area contributed by atoms with Crippen LogP contribution in [0.3, 0.4) is 0 Å². The second-order valence-electron chi connectivity index (χ2n) is 6.29. The van der Waals surface area contributed by atoms with Crippen LogP contribution in [0.25, 0.3) is 10.1 Å². The highest BCUT2D eigenvalue weighted by Gasteiger charge is 2.45. The van der Waals surface area contributed by atoms with Crippen LogP contribution in [-0.4, -0.2) is 48.8 Å². The van der Waals surface area contributed by atoms with Crippen molar-refractivity contribution in [2.24, 2.45) is 0 Å². The number of benzene rings is 1. The van der Waals surface area contributed by atoms with Gasteiger partial charge < -0.3 is 14.4 Å². The summed E-state index contributed by atoms with van der Waals surface area (Å²) < 4.78 is 12.9. The Labute approximate surface area is 145 Å². The number of ether oxygens (including phenoxy) is 2. The van der Waals surface area contributed by atoms with Crippen LogP contribution in [0.4, 0.5) is 0 Å². The third-order valence-corrected chi connectivity index (χ3v) is 5.96. The molecule has 1 saturated carbocycles. The van der Waals surface area contributed by atoms with Gasteiger partial charge in [0.1, 0.15) is 6.10 Å². The maximum atomic E-state index is 13.1. The fourth-order valence-corrected chi connectivity index (χ4v) is 4.79. The van der Waals surface area contributed by atoms with Crippen molar-refractivity contribution in [3.05, 3.63) is 47.9 Å². The summed E-state index contributed by atoms with van der Waals surface area (Å²) in [7, 11) is 0. The van der Waals surface area contributed by atoms with E-state index in [0.717, 1.165) is 27.8 Å². The van der Waals surface area contributed by atoms with E-state index in [0.29, 0.717) is 19.8 Å². The van der Waals surface area contributed by atoms with Crippen molar-refractivity contribution in [1.29, 1.82) is 0 Å². The van der Waals surface area contributed by atoms with Gasteiger partial charge in [-0.25, -0.2) is 0 Å². The third-order valence-electron chi connectivity index (χ3n) is 4.86. The highest BCUT2D eigenvalue weighted by atomic mass is 32.1. The summed E-state index contributed by atoms with van der Waals surface area (Å²) in [5.74, 6) is 0.124. The first-order valence-corrected chi connectivity index (χ1v) is 9.23. The molecule has 0 bridgehead atoms. The van der Waals surface area contributed by atoms with Gasteiger partial charge in [-0.2, -0.15) is 0 Å². The molecule has 0 radical (unpaired) electrons. The molecule has 1 saturated heterocycles. The molecule has 0 unspecified atom stereocenters. The largest absolute Gasteiger partial charge is 0.372 e. The minimum Gasteiger partial charge on any atom is -0.372 e. The Morgan fingerprint density at radius 3 is 3.12 bits per heavy atom. The number of carbonyl (C=O) groups excluding carboxylic acids is 1. The molecule has 5 heteroatoms. The number of hydrogen-bond donors (Lipinski definition) is 0. The molecule has 24 heavy (non-hydrogen) atoms. The molecular weight excluding hydrogens is 322 g/mol. The van der Waals surface area contributed by atoms with Gasteiger partial charge in [0, 0.05) is 11.2 Å². The first kappa shape index (κ1) is 15.8. The Bertz CT molecular complexity index is 723. The molecule has 0 spiro atoms. The number of rotatable bonds is 4. The smallest absolute Gasteiger partial charge is 0.264 e. The molecule has 1 amide bonds. The van der Waals surface area contributed by atoms with Gasteiger partial charge >= 0.3 is 0 Å². The van der Waals surface area contributed by atoms with Gasteiger partial charge in [0.05, 0.1) is 30.2 Å². The van der Waals surface area contributed by atoms with Gasteiger partial charge in [0.15, 0.2) is 0 Å². The average Bonchev–Trinajstić information content (AvgIpc) is 3.23. The van der Waals surface area contributed by atoms with Crippen molar-refractivity contribution >= 4 is 27.3 Å². The summed E-state index contributed by atoms with van der Waals surface area (Å²) in [5.41, 5.74) is 0. The summed E-state index contributed by atoms with van der Waals surface area (Å²) in [6.07, 6.45) is 3.67. The fourth-order valence-electron chi connectivity index (χ4n) is 3.77. The SMILES string of the molecule is C=CCO[C@@H]1CC[C@@H]2[C@H]1OCCN2C(=O)c1cc2ccccc2s1. The minimum absolute atomic E-state index is 0.0166.